The maximum atomic E-state index is 12.7. The highest BCUT2D eigenvalue weighted by atomic mass is 79.9. The Morgan fingerprint density at radius 2 is 1.82 bits per heavy atom. The van der Waals surface area contributed by atoms with Gasteiger partial charge in [0, 0.05) is 19.1 Å². The van der Waals surface area contributed by atoms with Crippen molar-refractivity contribution in [1.82, 2.24) is 14.8 Å². The molecule has 2 aromatic rings. The minimum absolute atomic E-state index is 0.0334. The summed E-state index contributed by atoms with van der Waals surface area (Å²) < 4.78 is 6.32. The zero-order valence-electron chi connectivity index (χ0n) is 15.6. The quantitative estimate of drug-likeness (QED) is 0.671. The summed E-state index contributed by atoms with van der Waals surface area (Å²) >= 11 is 3.31. The summed E-state index contributed by atoms with van der Waals surface area (Å²) in [7, 11) is 0. The molecule has 2 amide bonds. The fourth-order valence-electron chi connectivity index (χ4n) is 4.09. The second kappa shape index (κ2) is 7.91. The van der Waals surface area contributed by atoms with Crippen LogP contribution in [0.3, 0.4) is 0 Å². The number of pyridine rings is 1. The molecule has 2 fully saturated rings. The van der Waals surface area contributed by atoms with Crippen LogP contribution >= 0.6 is 15.9 Å². The normalized spacial score (nSPS) is 23.0. The number of benzene rings is 1. The van der Waals surface area contributed by atoms with Crippen molar-refractivity contribution in [2.75, 3.05) is 13.1 Å². The Kier molecular flexibility index (Phi) is 5.35. The van der Waals surface area contributed by atoms with E-state index < -0.39 is 0 Å². The molecule has 2 aliphatic rings. The molecule has 0 aliphatic carbocycles. The lowest BCUT2D eigenvalue weighted by atomic mass is 9.98. The number of halogens is 1. The molecule has 2 aliphatic heterocycles. The van der Waals surface area contributed by atoms with E-state index in [0.717, 1.165) is 18.4 Å². The Balaban J connectivity index is 1.41. The van der Waals surface area contributed by atoms with Crippen molar-refractivity contribution in [3.8, 4) is 0 Å². The molecule has 2 unspecified atom stereocenters. The number of cyclic esters (lactones) is 1. The first-order valence-electron chi connectivity index (χ1n) is 9.50. The highest BCUT2D eigenvalue weighted by molar-refractivity contribution is 9.10. The van der Waals surface area contributed by atoms with E-state index in [9.17, 15) is 9.59 Å². The summed E-state index contributed by atoms with van der Waals surface area (Å²) in [4.78, 5) is 33.2. The fraction of sp³-hybridized carbons (Fsp3) is 0.381. The van der Waals surface area contributed by atoms with Gasteiger partial charge in [-0.25, -0.2) is 9.78 Å². The minimum Gasteiger partial charge on any atom is -0.439 e. The average Bonchev–Trinajstić information content (AvgIpc) is 3.02. The molecule has 4 rings (SSSR count). The number of aromatic nitrogens is 1. The van der Waals surface area contributed by atoms with Crippen LogP contribution in [0.1, 0.15) is 41.9 Å². The smallest absolute Gasteiger partial charge is 0.411 e. The van der Waals surface area contributed by atoms with Gasteiger partial charge in [-0.3, -0.25) is 9.69 Å². The van der Waals surface area contributed by atoms with Crippen LogP contribution in [0.25, 0.3) is 0 Å². The lowest BCUT2D eigenvalue weighted by Gasteiger charge is -2.37. The second-order valence-electron chi connectivity index (χ2n) is 7.23. The molecule has 3 heterocycles. The summed E-state index contributed by atoms with van der Waals surface area (Å²) in [5.41, 5.74) is 1.45. The maximum Gasteiger partial charge on any atom is 0.411 e. The van der Waals surface area contributed by atoms with Crippen LogP contribution in [-0.2, 0) is 4.74 Å². The van der Waals surface area contributed by atoms with Crippen LogP contribution in [0, 0.1) is 0 Å². The number of amides is 2. The molecule has 0 bridgehead atoms. The van der Waals surface area contributed by atoms with Gasteiger partial charge in [-0.1, -0.05) is 36.4 Å². The van der Waals surface area contributed by atoms with Crippen molar-refractivity contribution in [3.63, 3.8) is 0 Å². The number of carbonyl (C=O) groups is 2. The molecule has 1 aromatic heterocycles. The van der Waals surface area contributed by atoms with Crippen molar-refractivity contribution in [2.24, 2.45) is 0 Å². The van der Waals surface area contributed by atoms with Crippen molar-refractivity contribution < 1.29 is 14.3 Å². The third kappa shape index (κ3) is 3.63. The van der Waals surface area contributed by atoms with Crippen LogP contribution in [0.5, 0.6) is 0 Å². The lowest BCUT2D eigenvalue weighted by molar-refractivity contribution is 0.0635. The first kappa shape index (κ1) is 18.9. The molecule has 7 heteroatoms. The molecule has 2 atom stereocenters. The Morgan fingerprint density at radius 1 is 1.11 bits per heavy atom. The van der Waals surface area contributed by atoms with Gasteiger partial charge in [-0.2, -0.15) is 0 Å². The number of ether oxygens (including phenoxy) is 1. The van der Waals surface area contributed by atoms with Crippen LogP contribution < -0.4 is 0 Å². The van der Waals surface area contributed by atoms with Crippen LogP contribution in [-0.4, -0.2) is 52.0 Å². The predicted octanol–water partition coefficient (Wildman–Crippen LogP) is 4.03. The average molecular weight is 444 g/mol. The van der Waals surface area contributed by atoms with Crippen molar-refractivity contribution in [3.05, 3.63) is 64.4 Å². The SMILES string of the molecule is CC1C(c2ccccc2)OC(=O)N1C1CCN(C(=O)c2cccc(Br)n2)CC1. The van der Waals surface area contributed by atoms with E-state index in [2.05, 4.69) is 20.9 Å². The number of hydrogen-bond donors (Lipinski definition) is 0. The van der Waals surface area contributed by atoms with E-state index in [1.165, 1.54) is 0 Å². The number of hydrogen-bond acceptors (Lipinski definition) is 4. The molecule has 0 saturated carbocycles. The molecule has 6 nitrogen and oxygen atoms in total. The third-order valence-corrected chi connectivity index (χ3v) is 5.96. The summed E-state index contributed by atoms with van der Waals surface area (Å²) in [5.74, 6) is -0.0704. The van der Waals surface area contributed by atoms with Crippen molar-refractivity contribution in [1.29, 1.82) is 0 Å². The Hall–Kier alpha value is -2.41. The zero-order valence-corrected chi connectivity index (χ0v) is 17.2. The molecule has 1 aromatic carbocycles. The monoisotopic (exact) mass is 443 g/mol. The molecule has 146 valence electrons. The summed E-state index contributed by atoms with van der Waals surface area (Å²) in [5, 5.41) is 0. The van der Waals surface area contributed by atoms with Gasteiger partial charge in [-0.15, -0.1) is 0 Å². The van der Waals surface area contributed by atoms with Gasteiger partial charge in [0.25, 0.3) is 5.91 Å². The minimum atomic E-state index is -0.264. The van der Waals surface area contributed by atoms with E-state index in [1.807, 2.05) is 53.1 Å². The number of piperidine rings is 1. The van der Waals surface area contributed by atoms with Gasteiger partial charge < -0.3 is 9.64 Å². The molecule has 0 radical (unpaired) electrons. The zero-order chi connectivity index (χ0) is 19.7. The van der Waals surface area contributed by atoms with Crippen LogP contribution in [0.2, 0.25) is 0 Å². The molecular formula is C21H22BrN3O3. The lowest BCUT2D eigenvalue weighted by Crippen LogP contribution is -2.49. The first-order chi connectivity index (χ1) is 13.5. The van der Waals surface area contributed by atoms with E-state index >= 15 is 0 Å². The van der Waals surface area contributed by atoms with Gasteiger partial charge in [0.05, 0.1) is 6.04 Å². The molecule has 0 N–H and O–H groups in total. The van der Waals surface area contributed by atoms with Gasteiger partial charge in [0.1, 0.15) is 16.4 Å². The van der Waals surface area contributed by atoms with Crippen molar-refractivity contribution >= 4 is 27.9 Å². The third-order valence-electron chi connectivity index (χ3n) is 5.52. The molecule has 2 saturated heterocycles. The van der Waals surface area contributed by atoms with Crippen LogP contribution in [0.15, 0.2) is 53.1 Å². The number of likely N-dealkylation sites (tertiary alicyclic amines) is 1. The standard InChI is InChI=1S/C21H22BrN3O3/c1-14-19(15-6-3-2-4-7-15)28-21(27)25(14)16-10-12-24(13-11-16)20(26)17-8-5-9-18(22)23-17/h2-9,14,16,19H,10-13H2,1H3. The molecular weight excluding hydrogens is 422 g/mol. The molecule has 0 spiro atoms. The predicted molar refractivity (Wildman–Crippen MR) is 108 cm³/mol. The fourth-order valence-corrected chi connectivity index (χ4v) is 4.43. The largest absolute Gasteiger partial charge is 0.439 e. The number of carbonyl (C=O) groups excluding carboxylic acids is 2. The number of rotatable bonds is 3. The van der Waals surface area contributed by atoms with Gasteiger partial charge in [-0.05, 0) is 53.4 Å². The van der Waals surface area contributed by atoms with Gasteiger partial charge in [0.2, 0.25) is 0 Å². The van der Waals surface area contributed by atoms with Gasteiger partial charge >= 0.3 is 6.09 Å². The summed E-state index contributed by atoms with van der Waals surface area (Å²) in [6, 6.07) is 15.2. The highest BCUT2D eigenvalue weighted by Gasteiger charge is 2.44. The maximum absolute atomic E-state index is 12.7. The van der Waals surface area contributed by atoms with Crippen molar-refractivity contribution in [2.45, 2.75) is 38.0 Å². The Bertz CT molecular complexity index is 868. The van der Waals surface area contributed by atoms with E-state index in [-0.39, 0.29) is 30.2 Å². The highest BCUT2D eigenvalue weighted by Crippen LogP contribution is 2.35. The topological polar surface area (TPSA) is 62.7 Å². The van der Waals surface area contributed by atoms with E-state index in [4.69, 9.17) is 4.74 Å². The molecule has 28 heavy (non-hydrogen) atoms. The summed E-state index contributed by atoms with van der Waals surface area (Å²) in [6.45, 7) is 3.24. The first-order valence-corrected chi connectivity index (χ1v) is 10.3. The van der Waals surface area contributed by atoms with E-state index in [0.29, 0.717) is 23.4 Å². The Morgan fingerprint density at radius 3 is 2.50 bits per heavy atom. The second-order valence-corrected chi connectivity index (χ2v) is 8.04. The summed E-state index contributed by atoms with van der Waals surface area (Å²) in [6.07, 6.45) is 0.959. The van der Waals surface area contributed by atoms with Crippen LogP contribution in [0.4, 0.5) is 4.79 Å². The van der Waals surface area contributed by atoms with Gasteiger partial charge in [0.15, 0.2) is 0 Å². The Labute approximate surface area is 172 Å². The van der Waals surface area contributed by atoms with E-state index in [1.54, 1.807) is 12.1 Å². The number of nitrogens with zero attached hydrogens (tertiary/aromatic N) is 3.